The second-order valence-electron chi connectivity index (χ2n) is 5.04. The van der Waals surface area contributed by atoms with Crippen LogP contribution in [0.5, 0.6) is 5.88 Å². The molecule has 0 aliphatic carbocycles. The third-order valence-electron chi connectivity index (χ3n) is 3.50. The van der Waals surface area contributed by atoms with Crippen LogP contribution >= 0.6 is 0 Å². The molecule has 1 unspecified atom stereocenters. The molecular weight excluding hydrogens is 288 g/mol. The Balaban J connectivity index is 2.04. The molecule has 0 bridgehead atoms. The van der Waals surface area contributed by atoms with E-state index in [2.05, 4.69) is 15.6 Å². The zero-order chi connectivity index (χ0) is 15.9. The van der Waals surface area contributed by atoms with Crippen LogP contribution in [0, 0.1) is 0 Å². The molecule has 0 aliphatic heterocycles. The number of halogens is 2. The van der Waals surface area contributed by atoms with Gasteiger partial charge in [0, 0.05) is 30.7 Å². The first-order chi connectivity index (χ1) is 10.6. The number of hydrogen-bond donors (Lipinski definition) is 2. The highest BCUT2D eigenvalue weighted by molar-refractivity contribution is 5.89. The predicted octanol–water partition coefficient (Wildman–Crippen LogP) is 2.75. The van der Waals surface area contributed by atoms with E-state index in [9.17, 15) is 8.78 Å². The first-order valence-electron chi connectivity index (χ1n) is 7.27. The van der Waals surface area contributed by atoms with E-state index in [0.717, 1.165) is 16.3 Å². The number of nitrogens with one attached hydrogen (secondary N) is 2. The molecular formula is C16H21F2N3O. The van der Waals surface area contributed by atoms with E-state index in [-0.39, 0.29) is 12.6 Å². The Morgan fingerprint density at radius 3 is 2.59 bits per heavy atom. The molecule has 1 aromatic carbocycles. The molecule has 2 N–H and O–H groups in total. The van der Waals surface area contributed by atoms with Gasteiger partial charge in [-0.2, -0.15) is 0 Å². The fourth-order valence-electron chi connectivity index (χ4n) is 2.39. The number of ether oxygens (including phenoxy) is 1. The van der Waals surface area contributed by atoms with Crippen LogP contribution in [0.4, 0.5) is 8.78 Å². The molecule has 0 amide bonds. The summed E-state index contributed by atoms with van der Waals surface area (Å²) in [6.07, 6.45) is -0.516. The molecule has 0 spiro atoms. The highest BCUT2D eigenvalue weighted by Crippen LogP contribution is 2.29. The van der Waals surface area contributed by atoms with Gasteiger partial charge < -0.3 is 15.4 Å². The van der Waals surface area contributed by atoms with Crippen molar-refractivity contribution in [2.45, 2.75) is 19.4 Å². The van der Waals surface area contributed by atoms with Gasteiger partial charge in [-0.15, -0.1) is 0 Å². The molecule has 22 heavy (non-hydrogen) atoms. The average molecular weight is 309 g/mol. The van der Waals surface area contributed by atoms with Crippen LogP contribution in [0.2, 0.25) is 0 Å². The summed E-state index contributed by atoms with van der Waals surface area (Å²) in [5.41, 5.74) is 1.06. The summed E-state index contributed by atoms with van der Waals surface area (Å²) >= 11 is 0. The van der Waals surface area contributed by atoms with Crippen molar-refractivity contribution in [1.82, 2.24) is 15.6 Å². The highest BCUT2D eigenvalue weighted by Gasteiger charge is 2.12. The zero-order valence-corrected chi connectivity index (χ0v) is 12.8. The zero-order valence-electron chi connectivity index (χ0n) is 12.8. The summed E-state index contributed by atoms with van der Waals surface area (Å²) in [7, 11) is 1.60. The molecule has 120 valence electrons. The van der Waals surface area contributed by atoms with Crippen molar-refractivity contribution in [2.24, 2.45) is 0 Å². The number of alkyl halides is 2. The Hall–Kier alpha value is -1.79. The fourth-order valence-corrected chi connectivity index (χ4v) is 2.39. The molecule has 0 saturated heterocycles. The smallest absolute Gasteiger partial charge is 0.250 e. The molecule has 0 fully saturated rings. The van der Waals surface area contributed by atoms with E-state index in [1.807, 2.05) is 31.2 Å². The standard InChI is InChI=1S/C16H21F2N3O/c1-11(20-8-7-19-10-15(17)18)14-9-21-16(22-2)13-6-4-3-5-12(13)14/h3-6,9,11,15,19-20H,7-8,10H2,1-2H3. The van der Waals surface area contributed by atoms with E-state index >= 15 is 0 Å². The van der Waals surface area contributed by atoms with Crippen LogP contribution in [-0.4, -0.2) is 38.2 Å². The Morgan fingerprint density at radius 2 is 1.91 bits per heavy atom. The van der Waals surface area contributed by atoms with Crippen LogP contribution in [0.15, 0.2) is 30.5 Å². The molecule has 1 atom stereocenters. The van der Waals surface area contributed by atoms with Gasteiger partial charge >= 0.3 is 0 Å². The number of fused-ring (bicyclic) bond motifs is 1. The van der Waals surface area contributed by atoms with Crippen LogP contribution in [-0.2, 0) is 0 Å². The largest absolute Gasteiger partial charge is 0.481 e. The number of pyridine rings is 1. The van der Waals surface area contributed by atoms with Crippen molar-refractivity contribution in [1.29, 1.82) is 0 Å². The average Bonchev–Trinajstić information content (AvgIpc) is 2.53. The minimum Gasteiger partial charge on any atom is -0.481 e. The summed E-state index contributed by atoms with van der Waals surface area (Å²) < 4.78 is 29.3. The van der Waals surface area contributed by atoms with E-state index in [1.54, 1.807) is 13.3 Å². The van der Waals surface area contributed by atoms with E-state index < -0.39 is 6.43 Å². The van der Waals surface area contributed by atoms with Crippen LogP contribution in [0.25, 0.3) is 10.8 Å². The SMILES string of the molecule is COc1ncc(C(C)NCCNCC(F)F)c2ccccc12. The van der Waals surface area contributed by atoms with Gasteiger partial charge in [0.15, 0.2) is 0 Å². The van der Waals surface area contributed by atoms with Gasteiger partial charge in [-0.1, -0.05) is 18.2 Å². The van der Waals surface area contributed by atoms with Gasteiger partial charge in [0.1, 0.15) is 0 Å². The number of benzene rings is 1. The molecule has 0 radical (unpaired) electrons. The summed E-state index contributed by atoms with van der Waals surface area (Å²) in [4.78, 5) is 4.34. The number of aromatic nitrogens is 1. The molecule has 1 heterocycles. The summed E-state index contributed by atoms with van der Waals surface area (Å²) in [5, 5.41) is 8.06. The lowest BCUT2D eigenvalue weighted by molar-refractivity contribution is 0.146. The van der Waals surface area contributed by atoms with Crippen LogP contribution in [0.1, 0.15) is 18.5 Å². The third-order valence-corrected chi connectivity index (χ3v) is 3.50. The van der Waals surface area contributed by atoms with Gasteiger partial charge in [0.2, 0.25) is 5.88 Å². The number of nitrogens with zero attached hydrogens (tertiary/aromatic N) is 1. The molecule has 2 rings (SSSR count). The van der Waals surface area contributed by atoms with E-state index in [4.69, 9.17) is 4.74 Å². The van der Waals surface area contributed by atoms with Crippen molar-refractivity contribution in [2.75, 3.05) is 26.7 Å². The third kappa shape index (κ3) is 4.11. The van der Waals surface area contributed by atoms with Crippen molar-refractivity contribution >= 4 is 10.8 Å². The van der Waals surface area contributed by atoms with Crippen molar-refractivity contribution in [3.8, 4) is 5.88 Å². The Kier molecular flexibility index (Phi) is 6.03. The summed E-state index contributed by atoms with van der Waals surface area (Å²) in [6.45, 7) is 2.86. The maximum atomic E-state index is 12.0. The van der Waals surface area contributed by atoms with Gasteiger partial charge in [0.25, 0.3) is 6.43 Å². The summed E-state index contributed by atoms with van der Waals surface area (Å²) in [5.74, 6) is 0.602. The van der Waals surface area contributed by atoms with Gasteiger partial charge in [-0.3, -0.25) is 0 Å². The molecule has 6 heteroatoms. The monoisotopic (exact) mass is 309 g/mol. The Bertz CT molecular complexity index is 607. The highest BCUT2D eigenvalue weighted by atomic mass is 19.3. The summed E-state index contributed by atoms with van der Waals surface area (Å²) in [6, 6.07) is 7.99. The lowest BCUT2D eigenvalue weighted by Gasteiger charge is -2.17. The van der Waals surface area contributed by atoms with Crippen LogP contribution in [0.3, 0.4) is 0 Å². The lowest BCUT2D eigenvalue weighted by Crippen LogP contribution is -2.31. The fraction of sp³-hybridized carbons (Fsp3) is 0.438. The minimum atomic E-state index is -2.31. The van der Waals surface area contributed by atoms with Crippen LogP contribution < -0.4 is 15.4 Å². The van der Waals surface area contributed by atoms with Gasteiger partial charge in [0.05, 0.1) is 13.7 Å². The molecule has 1 aromatic heterocycles. The minimum absolute atomic E-state index is 0.0663. The maximum absolute atomic E-state index is 12.0. The number of methoxy groups -OCH3 is 1. The quantitative estimate of drug-likeness (QED) is 0.736. The second kappa shape index (κ2) is 8.00. The van der Waals surface area contributed by atoms with Crippen molar-refractivity contribution < 1.29 is 13.5 Å². The van der Waals surface area contributed by atoms with E-state index in [0.29, 0.717) is 19.0 Å². The molecule has 4 nitrogen and oxygen atoms in total. The Morgan fingerprint density at radius 1 is 1.18 bits per heavy atom. The Labute approximate surface area is 128 Å². The lowest BCUT2D eigenvalue weighted by atomic mass is 10.0. The van der Waals surface area contributed by atoms with Crippen molar-refractivity contribution in [3.05, 3.63) is 36.0 Å². The van der Waals surface area contributed by atoms with Crippen molar-refractivity contribution in [3.63, 3.8) is 0 Å². The van der Waals surface area contributed by atoms with Gasteiger partial charge in [-0.25, -0.2) is 13.8 Å². The first kappa shape index (κ1) is 16.6. The topological polar surface area (TPSA) is 46.2 Å². The normalized spacial score (nSPS) is 12.8. The van der Waals surface area contributed by atoms with Gasteiger partial charge in [-0.05, 0) is 23.9 Å². The number of rotatable bonds is 8. The first-order valence-corrected chi connectivity index (χ1v) is 7.27. The molecule has 2 aromatic rings. The van der Waals surface area contributed by atoms with E-state index in [1.165, 1.54) is 0 Å². The molecule has 0 aliphatic rings. The predicted molar refractivity (Wildman–Crippen MR) is 83.6 cm³/mol. The maximum Gasteiger partial charge on any atom is 0.250 e. The second-order valence-corrected chi connectivity index (χ2v) is 5.04. The molecule has 0 saturated carbocycles. The number of hydrogen-bond acceptors (Lipinski definition) is 4.